The molecule has 0 bridgehead atoms. The van der Waals surface area contributed by atoms with E-state index in [0.717, 1.165) is 6.07 Å². The van der Waals surface area contributed by atoms with Crippen molar-refractivity contribution in [3.05, 3.63) is 27.6 Å². The van der Waals surface area contributed by atoms with Crippen LogP contribution in [0, 0.1) is 9.39 Å². The van der Waals surface area contributed by atoms with Crippen LogP contribution in [0.5, 0.6) is 0 Å². The second-order valence-electron chi connectivity index (χ2n) is 3.28. The lowest BCUT2D eigenvalue weighted by Crippen LogP contribution is -2.24. The smallest absolute Gasteiger partial charge is 0.362 e. The lowest BCUT2D eigenvalue weighted by atomic mass is 10.3. The zero-order valence-corrected chi connectivity index (χ0v) is 11.0. The van der Waals surface area contributed by atoms with E-state index in [-0.39, 0.29) is 0 Å². The molecule has 0 heterocycles. The highest BCUT2D eigenvalue weighted by Gasteiger charge is 2.27. The molecule has 0 aromatic heterocycles. The number of anilines is 1. The van der Waals surface area contributed by atoms with Crippen molar-refractivity contribution in [2.24, 2.45) is 0 Å². The van der Waals surface area contributed by atoms with Gasteiger partial charge in [0, 0.05) is 3.57 Å². The van der Waals surface area contributed by atoms with Crippen LogP contribution in [0.3, 0.4) is 0 Å². The zero-order valence-electron chi connectivity index (χ0n) is 8.85. The van der Waals surface area contributed by atoms with Gasteiger partial charge in [-0.25, -0.2) is 4.39 Å². The van der Waals surface area contributed by atoms with Crippen LogP contribution in [0.15, 0.2) is 18.2 Å². The van der Waals surface area contributed by atoms with E-state index in [1.54, 1.807) is 22.6 Å². The van der Waals surface area contributed by atoms with E-state index in [1.165, 1.54) is 12.1 Å². The molecule has 8 heteroatoms. The molecule has 1 amide bonds. The van der Waals surface area contributed by atoms with Gasteiger partial charge in [0.25, 0.3) is 0 Å². The molecule has 0 aliphatic carbocycles. The molecule has 0 spiro atoms. The number of benzene rings is 1. The summed E-state index contributed by atoms with van der Waals surface area (Å²) in [6.45, 7) is -2.20. The molecule has 0 fully saturated rings. The number of carbonyl (C=O) groups is 1. The number of carbonyl (C=O) groups excluding carboxylic acids is 1. The van der Waals surface area contributed by atoms with Crippen LogP contribution >= 0.6 is 22.6 Å². The van der Waals surface area contributed by atoms with Gasteiger partial charge in [0.05, 0.1) is 5.69 Å². The minimum atomic E-state index is -4.47. The maximum Gasteiger partial charge on any atom is 0.411 e. The number of halogens is 5. The number of nitrogens with one attached hydrogen (secondary N) is 1. The molecule has 0 radical (unpaired) electrons. The maximum atomic E-state index is 12.8. The summed E-state index contributed by atoms with van der Waals surface area (Å²) in [6, 6.07) is 3.64. The summed E-state index contributed by atoms with van der Waals surface area (Å²) < 4.78 is 52.6. The van der Waals surface area contributed by atoms with Crippen LogP contribution in [0.25, 0.3) is 0 Å². The van der Waals surface area contributed by atoms with Gasteiger partial charge in [0.2, 0.25) is 5.91 Å². The Morgan fingerprint density at radius 2 is 2.06 bits per heavy atom. The summed E-state index contributed by atoms with van der Waals surface area (Å²) in [5, 5.41) is 2.32. The summed E-state index contributed by atoms with van der Waals surface area (Å²) in [7, 11) is 0. The Kier molecular flexibility index (Phi) is 5.32. The molecule has 0 aliphatic heterocycles. The van der Waals surface area contributed by atoms with Crippen molar-refractivity contribution < 1.29 is 27.1 Å². The number of amides is 1. The molecule has 1 aromatic rings. The average Bonchev–Trinajstić information content (AvgIpc) is 2.20. The topological polar surface area (TPSA) is 38.3 Å². The van der Waals surface area contributed by atoms with Crippen molar-refractivity contribution in [1.29, 1.82) is 0 Å². The zero-order chi connectivity index (χ0) is 13.8. The Balaban J connectivity index is 2.45. The molecule has 0 atom stereocenters. The molecular weight excluding hydrogens is 369 g/mol. The molecule has 1 rings (SSSR count). The normalized spacial score (nSPS) is 11.4. The molecule has 3 nitrogen and oxygen atoms in total. The van der Waals surface area contributed by atoms with Crippen molar-refractivity contribution >= 4 is 34.2 Å². The van der Waals surface area contributed by atoms with Crippen molar-refractivity contribution in [2.45, 2.75) is 6.18 Å². The first-order valence-corrected chi connectivity index (χ1v) is 5.75. The Morgan fingerprint density at radius 1 is 1.39 bits per heavy atom. The SMILES string of the molecule is O=C(COCC(F)(F)F)Nc1ccc(F)cc1I. The van der Waals surface area contributed by atoms with Crippen molar-refractivity contribution in [1.82, 2.24) is 0 Å². The first-order chi connectivity index (χ1) is 8.28. The summed E-state index contributed by atoms with van der Waals surface area (Å²) in [5.74, 6) is -1.20. The van der Waals surface area contributed by atoms with E-state index < -0.39 is 31.1 Å². The predicted molar refractivity (Wildman–Crippen MR) is 64.6 cm³/mol. The van der Waals surface area contributed by atoms with E-state index in [2.05, 4.69) is 10.1 Å². The number of hydrogen-bond donors (Lipinski definition) is 1. The van der Waals surface area contributed by atoms with Gasteiger partial charge in [0.15, 0.2) is 0 Å². The second-order valence-corrected chi connectivity index (χ2v) is 4.44. The van der Waals surface area contributed by atoms with Gasteiger partial charge in [-0.3, -0.25) is 4.79 Å². The highest BCUT2D eigenvalue weighted by Crippen LogP contribution is 2.19. The fraction of sp³-hybridized carbons (Fsp3) is 0.300. The standard InChI is InChI=1S/C10H8F4INO2/c11-6-1-2-8(7(15)3-6)16-9(17)4-18-5-10(12,13)14/h1-3H,4-5H2,(H,16,17). The third-order valence-corrected chi connectivity index (χ3v) is 2.60. The van der Waals surface area contributed by atoms with Gasteiger partial charge >= 0.3 is 6.18 Å². The lowest BCUT2D eigenvalue weighted by molar-refractivity contribution is -0.174. The quantitative estimate of drug-likeness (QED) is 0.648. The third-order valence-electron chi connectivity index (χ3n) is 1.70. The maximum absolute atomic E-state index is 12.8. The first kappa shape index (κ1) is 15.2. The van der Waals surface area contributed by atoms with Gasteiger partial charge in [0.1, 0.15) is 19.0 Å². The fourth-order valence-corrected chi connectivity index (χ4v) is 1.65. The van der Waals surface area contributed by atoms with Crippen LogP contribution < -0.4 is 5.32 Å². The van der Waals surface area contributed by atoms with Gasteiger partial charge in [-0.15, -0.1) is 0 Å². The van der Waals surface area contributed by atoms with E-state index in [9.17, 15) is 22.4 Å². The van der Waals surface area contributed by atoms with Crippen LogP contribution in [0.2, 0.25) is 0 Å². The van der Waals surface area contributed by atoms with Crippen LogP contribution in [-0.2, 0) is 9.53 Å². The third kappa shape index (κ3) is 5.63. The molecule has 1 aromatic carbocycles. The van der Waals surface area contributed by atoms with Crippen molar-refractivity contribution in [3.63, 3.8) is 0 Å². The molecule has 0 unspecified atom stereocenters. The van der Waals surface area contributed by atoms with Crippen molar-refractivity contribution in [2.75, 3.05) is 18.5 Å². The monoisotopic (exact) mass is 377 g/mol. The van der Waals surface area contributed by atoms with E-state index in [0.29, 0.717) is 9.26 Å². The molecule has 1 N–H and O–H groups in total. The largest absolute Gasteiger partial charge is 0.411 e. The molecule has 100 valence electrons. The number of ether oxygens (including phenoxy) is 1. The Hall–Kier alpha value is -0.900. The second kappa shape index (κ2) is 6.32. The van der Waals surface area contributed by atoms with Gasteiger partial charge in [-0.05, 0) is 40.8 Å². The summed E-state index contributed by atoms with van der Waals surface area (Å²) in [6.07, 6.45) is -4.47. The number of hydrogen-bond acceptors (Lipinski definition) is 2. The highest BCUT2D eigenvalue weighted by atomic mass is 127. The lowest BCUT2D eigenvalue weighted by Gasteiger charge is -2.09. The average molecular weight is 377 g/mol. The molecular formula is C10H8F4INO2. The van der Waals surface area contributed by atoms with Crippen LogP contribution in [0.4, 0.5) is 23.2 Å². The van der Waals surface area contributed by atoms with E-state index >= 15 is 0 Å². The van der Waals surface area contributed by atoms with Gasteiger partial charge in [-0.2, -0.15) is 13.2 Å². The molecule has 0 saturated carbocycles. The minimum absolute atomic E-state index is 0.317. The molecule has 0 saturated heterocycles. The Labute approximate surface area is 114 Å². The Morgan fingerprint density at radius 3 is 2.61 bits per heavy atom. The van der Waals surface area contributed by atoms with Crippen molar-refractivity contribution in [3.8, 4) is 0 Å². The van der Waals surface area contributed by atoms with Gasteiger partial charge < -0.3 is 10.1 Å². The highest BCUT2D eigenvalue weighted by molar-refractivity contribution is 14.1. The summed E-state index contributed by atoms with van der Waals surface area (Å²) in [4.78, 5) is 11.2. The van der Waals surface area contributed by atoms with Crippen LogP contribution in [0.1, 0.15) is 0 Å². The van der Waals surface area contributed by atoms with E-state index in [1.807, 2.05) is 0 Å². The van der Waals surface area contributed by atoms with E-state index in [4.69, 9.17) is 0 Å². The number of alkyl halides is 3. The fourth-order valence-electron chi connectivity index (χ4n) is 1.04. The number of rotatable bonds is 4. The minimum Gasteiger partial charge on any atom is -0.362 e. The summed E-state index contributed by atoms with van der Waals surface area (Å²) in [5.41, 5.74) is 0.317. The summed E-state index contributed by atoms with van der Waals surface area (Å²) >= 11 is 1.79. The predicted octanol–water partition coefficient (Wildman–Crippen LogP) is 2.95. The Bertz CT molecular complexity index is 436. The molecule has 18 heavy (non-hydrogen) atoms. The molecule has 0 aliphatic rings. The van der Waals surface area contributed by atoms with Crippen LogP contribution in [-0.4, -0.2) is 25.3 Å². The van der Waals surface area contributed by atoms with Gasteiger partial charge in [-0.1, -0.05) is 0 Å². The first-order valence-electron chi connectivity index (χ1n) is 4.67.